The number of carboxylic acids is 2. The number of ether oxygens (including phenoxy) is 3. The fourth-order valence-corrected chi connectivity index (χ4v) is 3.52. The first-order valence-electron chi connectivity index (χ1n) is 13.1. The number of hydrogen-bond donors (Lipinski definition) is 7. The summed E-state index contributed by atoms with van der Waals surface area (Å²) in [5, 5.41) is 27.3. The van der Waals surface area contributed by atoms with Gasteiger partial charge in [-0.15, -0.1) is 0 Å². The minimum Gasteiger partial charge on any atom is -0.490 e. The zero-order chi connectivity index (χ0) is 33.6. The largest absolute Gasteiger partial charge is 0.490 e. The molecule has 45 heavy (non-hydrogen) atoms. The molecule has 3 rings (SSSR count). The summed E-state index contributed by atoms with van der Waals surface area (Å²) in [6.07, 6.45) is -5.08. The van der Waals surface area contributed by atoms with E-state index in [1.165, 1.54) is 6.07 Å². The first-order chi connectivity index (χ1) is 21.3. The monoisotopic (exact) mass is 635 g/mol. The summed E-state index contributed by atoms with van der Waals surface area (Å²) < 4.78 is 48.3. The van der Waals surface area contributed by atoms with Crippen LogP contribution >= 0.6 is 0 Å². The zero-order valence-corrected chi connectivity index (χ0v) is 24.1. The highest BCUT2D eigenvalue weighted by atomic mass is 19.4. The maximum atomic E-state index is 13.4. The number of hydrogen-bond acceptors (Lipinski definition) is 9. The number of amides is 1. The first kappa shape index (κ1) is 35.7. The summed E-state index contributed by atoms with van der Waals surface area (Å²) in [4.78, 5) is 33.9. The van der Waals surface area contributed by atoms with Crippen LogP contribution in [0.5, 0.6) is 11.5 Å². The van der Waals surface area contributed by atoms with Crippen molar-refractivity contribution >= 4 is 35.1 Å². The Morgan fingerprint density at radius 1 is 0.956 bits per heavy atom. The summed E-state index contributed by atoms with van der Waals surface area (Å²) in [5.74, 6) is -3.49. The maximum Gasteiger partial charge on any atom is 0.490 e. The molecule has 1 atom stereocenters. The minimum absolute atomic E-state index is 0.00771. The number of aromatic carboxylic acids is 1. The molecule has 16 heteroatoms. The molecule has 0 bridgehead atoms. The number of alkyl halides is 3. The topological polar surface area (TPSA) is 205 Å². The van der Waals surface area contributed by atoms with Gasteiger partial charge in [0.15, 0.2) is 11.5 Å². The molecule has 0 spiro atoms. The van der Waals surface area contributed by atoms with Gasteiger partial charge in [0.05, 0.1) is 24.5 Å². The van der Waals surface area contributed by atoms with Crippen LogP contribution in [0, 0.1) is 5.41 Å². The highest BCUT2D eigenvalue weighted by Gasteiger charge is 2.38. The summed E-state index contributed by atoms with van der Waals surface area (Å²) >= 11 is 0. The Kier molecular flexibility index (Phi) is 13.4. The second-order valence-electron chi connectivity index (χ2n) is 8.82. The van der Waals surface area contributed by atoms with Crippen LogP contribution in [0.25, 0.3) is 0 Å². The third kappa shape index (κ3) is 11.3. The summed E-state index contributed by atoms with van der Waals surface area (Å²) in [6.45, 7) is 2.95. The predicted octanol–water partition coefficient (Wildman–Crippen LogP) is 4.02. The number of nitrogens with two attached hydrogens (primary N) is 1. The van der Waals surface area contributed by atoms with Gasteiger partial charge in [-0.3, -0.25) is 21.1 Å². The average molecular weight is 636 g/mol. The number of carboxylic acid groups (broad SMARTS) is 2. The molecule has 0 fully saturated rings. The number of benzene rings is 3. The fraction of sp³-hybridized carbons (Fsp3) is 0.241. The molecule has 0 aliphatic carbocycles. The van der Waals surface area contributed by atoms with E-state index in [0.717, 1.165) is 0 Å². The van der Waals surface area contributed by atoms with Gasteiger partial charge in [0.25, 0.3) is 5.91 Å². The molecule has 13 nitrogen and oxygen atoms in total. The van der Waals surface area contributed by atoms with Gasteiger partial charge in [-0.05, 0) is 61.0 Å². The van der Waals surface area contributed by atoms with Crippen LogP contribution in [0.1, 0.15) is 34.5 Å². The average Bonchev–Trinajstić information content (AvgIpc) is 2.99. The van der Waals surface area contributed by atoms with Gasteiger partial charge in [-0.1, -0.05) is 18.2 Å². The number of halogens is 3. The fourth-order valence-electron chi connectivity index (χ4n) is 3.52. The molecule has 0 aliphatic heterocycles. The minimum atomic E-state index is -5.08. The van der Waals surface area contributed by atoms with E-state index in [2.05, 4.69) is 16.2 Å². The van der Waals surface area contributed by atoms with E-state index >= 15 is 0 Å². The number of methoxy groups -OCH3 is 1. The highest BCUT2D eigenvalue weighted by Crippen LogP contribution is 2.32. The Morgan fingerprint density at radius 3 is 2.16 bits per heavy atom. The van der Waals surface area contributed by atoms with Crippen molar-refractivity contribution in [1.82, 2.24) is 5.43 Å². The van der Waals surface area contributed by atoms with E-state index in [4.69, 9.17) is 35.3 Å². The molecule has 3 aromatic rings. The molecule has 0 saturated heterocycles. The Bertz CT molecular complexity index is 1470. The van der Waals surface area contributed by atoms with E-state index in [-0.39, 0.29) is 17.1 Å². The van der Waals surface area contributed by atoms with Gasteiger partial charge >= 0.3 is 18.1 Å². The van der Waals surface area contributed by atoms with Crippen molar-refractivity contribution in [2.45, 2.75) is 19.1 Å². The van der Waals surface area contributed by atoms with Gasteiger partial charge in [0.1, 0.15) is 18.5 Å². The number of anilines is 2. The van der Waals surface area contributed by atoms with Crippen LogP contribution in [-0.2, 0) is 14.3 Å². The predicted molar refractivity (Wildman–Crippen MR) is 158 cm³/mol. The lowest BCUT2D eigenvalue weighted by atomic mass is 10.0. The smallest absolute Gasteiger partial charge is 0.490 e. The number of carbonyl (C=O) groups is 3. The van der Waals surface area contributed by atoms with Crippen molar-refractivity contribution in [1.29, 1.82) is 5.41 Å². The summed E-state index contributed by atoms with van der Waals surface area (Å²) in [7, 11) is 1.58. The van der Waals surface area contributed by atoms with Crippen LogP contribution in [-0.4, -0.2) is 67.0 Å². The van der Waals surface area contributed by atoms with Crippen molar-refractivity contribution in [3.63, 3.8) is 0 Å². The lowest BCUT2D eigenvalue weighted by Gasteiger charge is -2.22. The molecular weight excluding hydrogens is 603 g/mol. The molecule has 3 aromatic carbocycles. The van der Waals surface area contributed by atoms with Crippen LogP contribution in [0.2, 0.25) is 0 Å². The molecule has 0 radical (unpaired) electrons. The number of amidine groups is 1. The normalized spacial score (nSPS) is 11.2. The van der Waals surface area contributed by atoms with Crippen LogP contribution < -0.4 is 31.4 Å². The lowest BCUT2D eigenvalue weighted by Crippen LogP contribution is -2.37. The molecule has 0 heterocycles. The van der Waals surface area contributed by atoms with Crippen LogP contribution in [0.15, 0.2) is 66.7 Å². The van der Waals surface area contributed by atoms with Crippen molar-refractivity contribution in [3.05, 3.63) is 83.4 Å². The molecule has 1 amide bonds. The molecule has 8 N–H and O–H groups in total. The van der Waals surface area contributed by atoms with Crippen molar-refractivity contribution in [2.75, 3.05) is 37.7 Å². The molecule has 0 aliphatic rings. The number of carbonyl (C=O) groups excluding carboxylic acids is 1. The zero-order valence-electron chi connectivity index (χ0n) is 24.1. The number of para-hydroxylation sites is 1. The van der Waals surface area contributed by atoms with Gasteiger partial charge < -0.3 is 35.5 Å². The van der Waals surface area contributed by atoms with Crippen molar-refractivity contribution in [2.24, 2.45) is 5.73 Å². The quantitative estimate of drug-likeness (QED) is 0.0583. The van der Waals surface area contributed by atoms with Gasteiger partial charge in [0.2, 0.25) is 0 Å². The van der Waals surface area contributed by atoms with E-state index < -0.39 is 30.1 Å². The second kappa shape index (κ2) is 17.0. The van der Waals surface area contributed by atoms with Crippen molar-refractivity contribution in [3.8, 4) is 11.5 Å². The SMILES string of the molecule is CCOc1cc(C(Nc2ccc(C(=N)N)cc2)C(=O)NNc2ccccc2C(=O)O)ccc1OCCOC.O=C(O)C(F)(F)F. The summed E-state index contributed by atoms with van der Waals surface area (Å²) in [5.41, 5.74) is 12.8. The molecule has 1 unspecified atom stereocenters. The van der Waals surface area contributed by atoms with E-state index in [1.807, 2.05) is 6.92 Å². The van der Waals surface area contributed by atoms with E-state index in [0.29, 0.717) is 48.1 Å². The lowest BCUT2D eigenvalue weighted by molar-refractivity contribution is -0.192. The number of nitrogens with one attached hydrogen (secondary N) is 4. The number of hydrazine groups is 1. The van der Waals surface area contributed by atoms with Crippen LogP contribution in [0.3, 0.4) is 0 Å². The van der Waals surface area contributed by atoms with Gasteiger partial charge in [-0.2, -0.15) is 13.2 Å². The summed E-state index contributed by atoms with van der Waals surface area (Å²) in [6, 6.07) is 17.2. The Hall–Kier alpha value is -5.51. The number of aliphatic carboxylic acids is 1. The Labute approximate surface area is 255 Å². The molecular formula is C29H32F3N5O8. The molecule has 0 aromatic heterocycles. The van der Waals surface area contributed by atoms with E-state index in [9.17, 15) is 27.9 Å². The highest BCUT2D eigenvalue weighted by molar-refractivity contribution is 5.96. The van der Waals surface area contributed by atoms with Gasteiger partial charge in [-0.25, -0.2) is 9.59 Å². The Balaban J connectivity index is 0.000000900. The number of nitrogen functional groups attached to an aromatic ring is 1. The maximum absolute atomic E-state index is 13.4. The Morgan fingerprint density at radius 2 is 1.60 bits per heavy atom. The molecule has 0 saturated carbocycles. The third-order valence-electron chi connectivity index (χ3n) is 5.64. The third-order valence-corrected chi connectivity index (χ3v) is 5.64. The van der Waals surface area contributed by atoms with Gasteiger partial charge in [0, 0.05) is 18.4 Å². The molecule has 242 valence electrons. The second-order valence-corrected chi connectivity index (χ2v) is 8.82. The number of rotatable bonds is 14. The standard InChI is InChI=1S/C27H31N5O6.C2HF3O2/c1-3-37-23-16-18(10-13-22(23)38-15-14-36-2)24(30-19-11-8-17(9-12-19)25(28)29)26(33)32-31-21-7-5-4-6-20(21)27(34)35;3-2(4,5)1(6)7/h4-13,16,24,30-31H,3,14-15H2,1-2H3,(H3,28,29)(H,32,33)(H,34,35);(H,6,7). The van der Waals surface area contributed by atoms with Crippen molar-refractivity contribution < 1.29 is 52.0 Å². The van der Waals surface area contributed by atoms with E-state index in [1.54, 1.807) is 67.8 Å². The van der Waals surface area contributed by atoms with Crippen LogP contribution in [0.4, 0.5) is 24.5 Å². The first-order valence-corrected chi connectivity index (χ1v) is 13.1.